The molecule has 0 spiro atoms. The number of aromatic nitrogens is 2. The van der Waals surface area contributed by atoms with E-state index in [1.54, 1.807) is 0 Å². The van der Waals surface area contributed by atoms with E-state index in [0.717, 1.165) is 55.1 Å². The number of anilines is 1. The Hall–Kier alpha value is -5.11. The molecule has 2 heterocycles. The number of hydrogen-bond donors (Lipinski definition) is 3. The van der Waals surface area contributed by atoms with Gasteiger partial charge >= 0.3 is 18.3 Å². The molecule has 0 saturated carbocycles. The van der Waals surface area contributed by atoms with Crippen LogP contribution in [-0.4, -0.2) is 68.5 Å². The molecule has 14 heteroatoms. The minimum absolute atomic E-state index is 0.209. The molecule has 0 unspecified atom stereocenters. The Morgan fingerprint density at radius 2 is 1.49 bits per heavy atom. The van der Waals surface area contributed by atoms with Crippen molar-refractivity contribution in [3.63, 3.8) is 0 Å². The van der Waals surface area contributed by atoms with Crippen LogP contribution < -0.4 is 14.8 Å². The van der Waals surface area contributed by atoms with Gasteiger partial charge in [0, 0.05) is 12.2 Å². The van der Waals surface area contributed by atoms with Gasteiger partial charge < -0.3 is 29.6 Å². The van der Waals surface area contributed by atoms with Gasteiger partial charge in [-0.2, -0.15) is 0 Å². The molecule has 1 aliphatic rings. The van der Waals surface area contributed by atoms with Gasteiger partial charge in [-0.05, 0) is 80.4 Å². The maximum Gasteiger partial charge on any atom is 0.573 e. The maximum atomic E-state index is 12.5. The molecule has 1 aromatic heterocycles. The van der Waals surface area contributed by atoms with Crippen molar-refractivity contribution in [3.8, 4) is 11.5 Å². The lowest BCUT2D eigenvalue weighted by Crippen LogP contribution is -2.40. The number of halogens is 3. The van der Waals surface area contributed by atoms with E-state index in [2.05, 4.69) is 25.6 Å². The predicted molar refractivity (Wildman–Crippen MR) is 157 cm³/mol. The van der Waals surface area contributed by atoms with E-state index in [0.29, 0.717) is 18.2 Å². The maximum absolute atomic E-state index is 12.5. The van der Waals surface area contributed by atoms with Crippen molar-refractivity contribution in [1.29, 1.82) is 0 Å². The summed E-state index contributed by atoms with van der Waals surface area (Å²) in [4.78, 5) is 37.6. The van der Waals surface area contributed by atoms with E-state index in [-0.39, 0.29) is 18.2 Å². The van der Waals surface area contributed by atoms with Crippen LogP contribution in [0.15, 0.2) is 78.9 Å². The molecule has 45 heavy (non-hydrogen) atoms. The molecule has 3 aromatic carbocycles. The normalized spacial score (nSPS) is 13.8. The Morgan fingerprint density at radius 3 is 2.11 bits per heavy atom. The van der Waals surface area contributed by atoms with Crippen molar-refractivity contribution < 1.29 is 47.2 Å². The molecule has 0 radical (unpaired) electrons. The molecule has 0 aliphatic carbocycles. The molecular formula is C31H31F3N4O7. The third kappa shape index (κ3) is 10.2. The van der Waals surface area contributed by atoms with Crippen LogP contribution in [0.5, 0.6) is 11.5 Å². The molecule has 1 fully saturated rings. The fourth-order valence-electron chi connectivity index (χ4n) is 4.83. The highest BCUT2D eigenvalue weighted by Gasteiger charge is 2.31. The summed E-state index contributed by atoms with van der Waals surface area (Å²) in [7, 11) is 0. The van der Waals surface area contributed by atoms with Gasteiger partial charge in [0.15, 0.2) is 0 Å². The van der Waals surface area contributed by atoms with Crippen molar-refractivity contribution in [2.24, 2.45) is 5.92 Å². The van der Waals surface area contributed by atoms with E-state index in [1.807, 2.05) is 48.5 Å². The number of nitrogens with zero attached hydrogens (tertiary/aromatic N) is 3. The number of hydrogen-bond acceptors (Lipinski definition) is 7. The number of likely N-dealkylation sites (tertiary alicyclic amines) is 1. The first-order valence-corrected chi connectivity index (χ1v) is 13.9. The fraction of sp³-hybridized carbons (Fsp3) is 0.290. The third-order valence-corrected chi connectivity index (χ3v) is 6.91. The summed E-state index contributed by atoms with van der Waals surface area (Å²) in [6, 6.07) is 22.9. The standard InChI is InChI=1S/C29H29F3N4O3.C2H2O4/c30-29(31,32)39-24-12-10-22(11-13-24)33-28(37)19-35-16-14-21(15-17-35)18-36-26-9-5-4-8-25(26)34-27(36)20-38-23-6-2-1-3-7-23;3-1(4)2(5)6/h1-13,21H,14-20H2,(H,33,37);(H,3,4)(H,5,6). The number of fused-ring (bicyclic) bond motifs is 1. The largest absolute Gasteiger partial charge is 0.573 e. The summed E-state index contributed by atoms with van der Waals surface area (Å²) in [5.41, 5.74) is 2.44. The zero-order chi connectivity index (χ0) is 32.4. The number of rotatable bonds is 9. The number of imidazole rings is 1. The van der Waals surface area contributed by atoms with Gasteiger partial charge in [-0.25, -0.2) is 14.6 Å². The van der Waals surface area contributed by atoms with Gasteiger partial charge in [-0.3, -0.25) is 9.69 Å². The minimum atomic E-state index is -4.75. The number of carboxylic acid groups (broad SMARTS) is 2. The van der Waals surface area contributed by atoms with Crippen LogP contribution in [0.2, 0.25) is 0 Å². The first-order valence-electron chi connectivity index (χ1n) is 13.9. The van der Waals surface area contributed by atoms with Crippen LogP contribution in [-0.2, 0) is 27.5 Å². The van der Waals surface area contributed by atoms with E-state index in [1.165, 1.54) is 24.3 Å². The number of para-hydroxylation sites is 3. The second-order valence-electron chi connectivity index (χ2n) is 10.2. The van der Waals surface area contributed by atoms with Crippen LogP contribution in [0.4, 0.5) is 18.9 Å². The smallest absolute Gasteiger partial charge is 0.486 e. The molecule has 3 N–H and O–H groups in total. The lowest BCUT2D eigenvalue weighted by atomic mass is 9.96. The van der Waals surface area contributed by atoms with Crippen molar-refractivity contribution in [2.75, 3.05) is 25.0 Å². The second-order valence-corrected chi connectivity index (χ2v) is 10.2. The van der Waals surface area contributed by atoms with Crippen molar-refractivity contribution in [3.05, 3.63) is 84.7 Å². The van der Waals surface area contributed by atoms with Crippen LogP contribution in [0.25, 0.3) is 11.0 Å². The predicted octanol–water partition coefficient (Wildman–Crippen LogP) is 5.02. The molecule has 1 saturated heterocycles. The molecular weight excluding hydrogens is 597 g/mol. The number of nitrogens with one attached hydrogen (secondary N) is 1. The highest BCUT2D eigenvalue weighted by Crippen LogP contribution is 2.26. The molecule has 1 aliphatic heterocycles. The molecule has 4 aromatic rings. The van der Waals surface area contributed by atoms with Crippen LogP contribution in [0.3, 0.4) is 0 Å². The number of aliphatic carboxylic acids is 2. The van der Waals surface area contributed by atoms with Crippen LogP contribution >= 0.6 is 0 Å². The molecule has 11 nitrogen and oxygen atoms in total. The van der Waals surface area contributed by atoms with Gasteiger partial charge in [0.25, 0.3) is 0 Å². The highest BCUT2D eigenvalue weighted by molar-refractivity contribution is 6.27. The lowest BCUT2D eigenvalue weighted by molar-refractivity contribution is -0.274. The Bertz CT molecular complexity index is 1570. The number of alkyl halides is 3. The SMILES string of the molecule is O=C(CN1CCC(Cn2c(COc3ccccc3)nc3ccccc32)CC1)Nc1ccc(OC(F)(F)F)cc1.O=C(O)C(=O)O. The Labute approximate surface area is 255 Å². The second kappa shape index (κ2) is 15.1. The van der Waals surface area contributed by atoms with Gasteiger partial charge in [0.1, 0.15) is 23.9 Å². The van der Waals surface area contributed by atoms with Crippen LogP contribution in [0.1, 0.15) is 18.7 Å². The van der Waals surface area contributed by atoms with Gasteiger partial charge in [0.05, 0.1) is 17.6 Å². The minimum Gasteiger partial charge on any atom is -0.486 e. The first-order chi connectivity index (χ1) is 21.5. The average molecular weight is 629 g/mol. The number of carbonyl (C=O) groups is 3. The number of ether oxygens (including phenoxy) is 2. The molecule has 0 bridgehead atoms. The van der Waals surface area contributed by atoms with Gasteiger partial charge in [0.2, 0.25) is 5.91 Å². The van der Waals surface area contributed by atoms with E-state index in [4.69, 9.17) is 29.5 Å². The Kier molecular flexibility index (Phi) is 11.0. The average Bonchev–Trinajstić information content (AvgIpc) is 3.35. The topological polar surface area (TPSA) is 143 Å². The number of amides is 1. The molecule has 1 amide bonds. The summed E-state index contributed by atoms with van der Waals surface area (Å²) < 4.78 is 49.1. The third-order valence-electron chi connectivity index (χ3n) is 6.91. The molecule has 238 valence electrons. The van der Waals surface area contributed by atoms with Gasteiger partial charge in [-0.15, -0.1) is 13.2 Å². The van der Waals surface area contributed by atoms with E-state index in [9.17, 15) is 18.0 Å². The fourth-order valence-corrected chi connectivity index (χ4v) is 4.83. The van der Waals surface area contributed by atoms with E-state index < -0.39 is 18.3 Å². The summed E-state index contributed by atoms with van der Waals surface area (Å²) in [6.07, 6.45) is -2.89. The van der Waals surface area contributed by atoms with E-state index >= 15 is 0 Å². The number of carboxylic acids is 2. The summed E-state index contributed by atoms with van der Waals surface area (Å²) in [5.74, 6) is -2.08. The summed E-state index contributed by atoms with van der Waals surface area (Å²) in [6.45, 7) is 2.97. The van der Waals surface area contributed by atoms with Crippen molar-refractivity contribution >= 4 is 34.6 Å². The number of piperidine rings is 1. The monoisotopic (exact) mass is 628 g/mol. The van der Waals surface area contributed by atoms with Crippen molar-refractivity contribution in [1.82, 2.24) is 14.5 Å². The summed E-state index contributed by atoms with van der Waals surface area (Å²) >= 11 is 0. The zero-order valence-electron chi connectivity index (χ0n) is 23.9. The number of carbonyl (C=O) groups excluding carboxylic acids is 1. The Balaban J connectivity index is 0.000000700. The van der Waals surface area contributed by atoms with Gasteiger partial charge in [-0.1, -0.05) is 30.3 Å². The lowest BCUT2D eigenvalue weighted by Gasteiger charge is -2.32. The zero-order valence-corrected chi connectivity index (χ0v) is 23.9. The molecule has 5 rings (SSSR count). The quantitative estimate of drug-likeness (QED) is 0.218. The highest BCUT2D eigenvalue weighted by atomic mass is 19.4. The number of benzene rings is 3. The van der Waals surface area contributed by atoms with Crippen LogP contribution in [0, 0.1) is 5.92 Å². The summed E-state index contributed by atoms with van der Waals surface area (Å²) in [5, 5.41) is 17.5. The Morgan fingerprint density at radius 1 is 0.867 bits per heavy atom. The van der Waals surface area contributed by atoms with Crippen molar-refractivity contribution in [2.45, 2.75) is 32.4 Å². The first kappa shape index (κ1) is 32.8. The molecule has 0 atom stereocenters.